The molecule has 1 N–H and O–H groups in total. The van der Waals surface area contributed by atoms with E-state index in [0.717, 1.165) is 18.8 Å². The molecule has 1 heterocycles. The molecule has 1 atom stereocenters. The average Bonchev–Trinajstić information content (AvgIpc) is 2.71. The summed E-state index contributed by atoms with van der Waals surface area (Å²) in [7, 11) is 2.18. The Hall–Kier alpha value is -0.800. The number of rotatable bonds is 6. The van der Waals surface area contributed by atoms with Crippen LogP contribution in [0.5, 0.6) is 0 Å². The fourth-order valence-corrected chi connectivity index (χ4v) is 2.03. The molecule has 0 saturated carbocycles. The smallest absolute Gasteiger partial charge is 0.122 e. The van der Waals surface area contributed by atoms with Crippen LogP contribution in [0, 0.1) is 5.41 Å². The first-order valence-corrected chi connectivity index (χ1v) is 7.20. The molecule has 1 rings (SSSR count). The summed E-state index contributed by atoms with van der Waals surface area (Å²) in [5.41, 5.74) is 1.57. The molecule has 0 aromatic carbocycles. The van der Waals surface area contributed by atoms with E-state index in [1.165, 1.54) is 5.56 Å². The van der Waals surface area contributed by atoms with E-state index in [9.17, 15) is 0 Å². The van der Waals surface area contributed by atoms with E-state index >= 15 is 0 Å². The zero-order chi connectivity index (χ0) is 14.6. The molecular formula is C16H30N2O. The Kier molecular flexibility index (Phi) is 5.63. The van der Waals surface area contributed by atoms with Crippen LogP contribution in [0.1, 0.15) is 52.9 Å². The highest BCUT2D eigenvalue weighted by Crippen LogP contribution is 2.25. The summed E-state index contributed by atoms with van der Waals surface area (Å²) in [5.74, 6) is 1.06. The third-order valence-electron chi connectivity index (χ3n) is 3.84. The molecule has 1 unspecified atom stereocenters. The van der Waals surface area contributed by atoms with E-state index < -0.39 is 0 Å². The van der Waals surface area contributed by atoms with Crippen LogP contribution in [-0.2, 0) is 13.1 Å². The zero-order valence-corrected chi connectivity index (χ0v) is 13.6. The summed E-state index contributed by atoms with van der Waals surface area (Å²) in [4.78, 5) is 2.39. The predicted molar refractivity (Wildman–Crippen MR) is 81.1 cm³/mol. The maximum Gasteiger partial charge on any atom is 0.122 e. The van der Waals surface area contributed by atoms with E-state index in [4.69, 9.17) is 4.42 Å². The van der Waals surface area contributed by atoms with Crippen molar-refractivity contribution in [1.82, 2.24) is 10.2 Å². The minimum atomic E-state index is 0.287. The number of nitrogens with zero attached hydrogens (tertiary/aromatic N) is 1. The highest BCUT2D eigenvalue weighted by Gasteiger charge is 2.24. The average molecular weight is 266 g/mol. The normalized spacial score (nSPS) is 14.4. The molecule has 0 spiro atoms. The van der Waals surface area contributed by atoms with Gasteiger partial charge < -0.3 is 9.73 Å². The van der Waals surface area contributed by atoms with Crippen molar-refractivity contribution in [3.63, 3.8) is 0 Å². The topological polar surface area (TPSA) is 28.4 Å². The van der Waals surface area contributed by atoms with E-state index in [-0.39, 0.29) is 5.41 Å². The highest BCUT2D eigenvalue weighted by atomic mass is 16.3. The Morgan fingerprint density at radius 3 is 2.42 bits per heavy atom. The molecular weight excluding hydrogens is 236 g/mol. The van der Waals surface area contributed by atoms with Gasteiger partial charge in [0.15, 0.2) is 0 Å². The second-order valence-corrected chi connectivity index (χ2v) is 6.86. The highest BCUT2D eigenvalue weighted by molar-refractivity contribution is 5.17. The summed E-state index contributed by atoms with van der Waals surface area (Å²) >= 11 is 0. The van der Waals surface area contributed by atoms with Gasteiger partial charge in [-0.25, -0.2) is 0 Å². The third-order valence-corrected chi connectivity index (χ3v) is 3.84. The fourth-order valence-electron chi connectivity index (χ4n) is 2.03. The lowest BCUT2D eigenvalue weighted by Gasteiger charge is -2.35. The number of furan rings is 1. The first-order chi connectivity index (χ1) is 8.71. The van der Waals surface area contributed by atoms with Gasteiger partial charge in [0.25, 0.3) is 0 Å². The van der Waals surface area contributed by atoms with Crippen molar-refractivity contribution in [2.45, 2.75) is 66.7 Å². The molecule has 1 aromatic heterocycles. The molecule has 0 amide bonds. The molecule has 0 radical (unpaired) electrons. The lowest BCUT2D eigenvalue weighted by atomic mass is 9.87. The van der Waals surface area contributed by atoms with Crippen LogP contribution in [0.3, 0.4) is 0 Å². The molecule has 1 aromatic rings. The van der Waals surface area contributed by atoms with Gasteiger partial charge in [0.2, 0.25) is 0 Å². The summed E-state index contributed by atoms with van der Waals surface area (Å²) < 4.78 is 5.59. The first kappa shape index (κ1) is 16.3. The SMILES string of the molecule is CC(C)NCc1occc1CN(C)C(C)C(C)(C)C. The summed E-state index contributed by atoms with van der Waals surface area (Å²) in [6, 6.07) is 3.08. The lowest BCUT2D eigenvalue weighted by Crippen LogP contribution is -2.39. The van der Waals surface area contributed by atoms with Crippen molar-refractivity contribution in [3.05, 3.63) is 23.7 Å². The number of hydrogen-bond acceptors (Lipinski definition) is 3. The monoisotopic (exact) mass is 266 g/mol. The third kappa shape index (κ3) is 5.00. The van der Waals surface area contributed by atoms with Crippen LogP contribution >= 0.6 is 0 Å². The molecule has 0 bridgehead atoms. The van der Waals surface area contributed by atoms with Crippen LogP contribution in [0.2, 0.25) is 0 Å². The molecule has 0 saturated heterocycles. The van der Waals surface area contributed by atoms with Gasteiger partial charge in [-0.3, -0.25) is 4.90 Å². The van der Waals surface area contributed by atoms with Gasteiger partial charge in [-0.1, -0.05) is 34.6 Å². The molecule has 110 valence electrons. The van der Waals surface area contributed by atoms with E-state index in [0.29, 0.717) is 12.1 Å². The van der Waals surface area contributed by atoms with Crippen molar-refractivity contribution >= 4 is 0 Å². The Balaban J connectivity index is 2.64. The maximum absolute atomic E-state index is 5.59. The summed E-state index contributed by atoms with van der Waals surface area (Å²) in [5, 5.41) is 3.41. The molecule has 3 nitrogen and oxygen atoms in total. The van der Waals surface area contributed by atoms with E-state index in [1.54, 1.807) is 6.26 Å². The second kappa shape index (κ2) is 6.58. The van der Waals surface area contributed by atoms with Crippen molar-refractivity contribution in [2.75, 3.05) is 7.05 Å². The Labute approximate surface area is 118 Å². The van der Waals surface area contributed by atoms with Crippen molar-refractivity contribution in [2.24, 2.45) is 5.41 Å². The summed E-state index contributed by atoms with van der Waals surface area (Å²) in [6.07, 6.45) is 1.79. The van der Waals surface area contributed by atoms with Gasteiger partial charge in [-0.15, -0.1) is 0 Å². The van der Waals surface area contributed by atoms with Crippen LogP contribution in [0.15, 0.2) is 16.7 Å². The van der Waals surface area contributed by atoms with E-state index in [2.05, 4.69) is 64.9 Å². The van der Waals surface area contributed by atoms with Gasteiger partial charge in [-0.2, -0.15) is 0 Å². The van der Waals surface area contributed by atoms with Crippen LogP contribution in [-0.4, -0.2) is 24.0 Å². The molecule has 3 heteroatoms. The lowest BCUT2D eigenvalue weighted by molar-refractivity contribution is 0.134. The van der Waals surface area contributed by atoms with Crippen LogP contribution in [0.4, 0.5) is 0 Å². The van der Waals surface area contributed by atoms with Crippen molar-refractivity contribution in [3.8, 4) is 0 Å². The minimum absolute atomic E-state index is 0.287. The van der Waals surface area contributed by atoms with Crippen molar-refractivity contribution < 1.29 is 4.42 Å². The first-order valence-electron chi connectivity index (χ1n) is 7.20. The zero-order valence-electron chi connectivity index (χ0n) is 13.6. The van der Waals surface area contributed by atoms with Gasteiger partial charge in [0.1, 0.15) is 5.76 Å². The van der Waals surface area contributed by atoms with Gasteiger partial charge >= 0.3 is 0 Å². The van der Waals surface area contributed by atoms with Crippen LogP contribution in [0.25, 0.3) is 0 Å². The maximum atomic E-state index is 5.59. The summed E-state index contributed by atoms with van der Waals surface area (Å²) in [6.45, 7) is 15.2. The number of nitrogens with one attached hydrogen (secondary N) is 1. The molecule has 0 aliphatic carbocycles. The standard InChI is InChI=1S/C16H30N2O/c1-12(2)17-10-15-14(8-9-19-15)11-18(7)13(3)16(4,5)6/h8-9,12-13,17H,10-11H2,1-7H3. The Morgan fingerprint density at radius 1 is 1.26 bits per heavy atom. The van der Waals surface area contributed by atoms with Crippen molar-refractivity contribution in [1.29, 1.82) is 0 Å². The quantitative estimate of drug-likeness (QED) is 0.852. The second-order valence-electron chi connectivity index (χ2n) is 6.86. The largest absolute Gasteiger partial charge is 0.468 e. The Morgan fingerprint density at radius 2 is 1.89 bits per heavy atom. The number of hydrogen-bond donors (Lipinski definition) is 1. The van der Waals surface area contributed by atoms with E-state index in [1.807, 2.05) is 0 Å². The molecule has 0 aliphatic heterocycles. The Bertz CT molecular complexity index is 376. The fraction of sp³-hybridized carbons (Fsp3) is 0.750. The molecule has 0 aliphatic rings. The van der Waals surface area contributed by atoms with Gasteiger partial charge in [-0.05, 0) is 25.5 Å². The molecule has 19 heavy (non-hydrogen) atoms. The van der Waals surface area contributed by atoms with Crippen LogP contribution < -0.4 is 5.32 Å². The predicted octanol–water partition coefficient (Wildman–Crippen LogP) is 3.64. The van der Waals surface area contributed by atoms with Gasteiger partial charge in [0.05, 0.1) is 12.8 Å². The molecule has 0 fully saturated rings. The van der Waals surface area contributed by atoms with Gasteiger partial charge in [0, 0.05) is 24.2 Å². The minimum Gasteiger partial charge on any atom is -0.468 e.